The Bertz CT molecular complexity index is 421. The minimum Gasteiger partial charge on any atom is -0.298 e. The van der Waals surface area contributed by atoms with Crippen LogP contribution in [0, 0.1) is 0 Å². The summed E-state index contributed by atoms with van der Waals surface area (Å²) in [6.07, 6.45) is 2.75. The third-order valence-corrected chi connectivity index (χ3v) is 4.58. The first kappa shape index (κ1) is 12.5. The lowest BCUT2D eigenvalue weighted by molar-refractivity contribution is 0.0540. The van der Waals surface area contributed by atoms with Gasteiger partial charge in [0.25, 0.3) is 0 Å². The molecule has 2 nitrogen and oxygen atoms in total. The molecule has 0 aliphatic carbocycles. The van der Waals surface area contributed by atoms with Crippen molar-refractivity contribution < 1.29 is 0 Å². The number of hydrogen-bond donors (Lipinski definition) is 0. The molecule has 1 aromatic rings. The van der Waals surface area contributed by atoms with Crippen molar-refractivity contribution in [3.05, 3.63) is 34.9 Å². The van der Waals surface area contributed by atoms with Crippen LogP contribution in [0.2, 0.25) is 5.02 Å². The molecule has 3 rings (SSSR count). The molecule has 2 unspecified atom stereocenters. The van der Waals surface area contributed by atoms with E-state index in [0.717, 1.165) is 17.6 Å². The van der Waals surface area contributed by atoms with Crippen molar-refractivity contribution >= 4 is 11.6 Å². The lowest BCUT2D eigenvalue weighted by Gasteiger charge is -2.42. The zero-order valence-corrected chi connectivity index (χ0v) is 11.7. The first-order valence-corrected chi connectivity index (χ1v) is 7.33. The number of hydrogen-bond acceptors (Lipinski definition) is 2. The van der Waals surface area contributed by atoms with E-state index in [9.17, 15) is 0 Å². The van der Waals surface area contributed by atoms with Crippen LogP contribution in [-0.4, -0.2) is 41.5 Å². The normalized spacial score (nSPS) is 29.4. The SMILES string of the molecule is CC1CN2CCCC2CN1Cc1cccc(Cl)c1. The highest BCUT2D eigenvalue weighted by atomic mass is 35.5. The maximum absolute atomic E-state index is 6.06. The number of piperazine rings is 1. The van der Waals surface area contributed by atoms with Crippen molar-refractivity contribution in [2.75, 3.05) is 19.6 Å². The summed E-state index contributed by atoms with van der Waals surface area (Å²) in [6.45, 7) is 7.13. The van der Waals surface area contributed by atoms with Gasteiger partial charge < -0.3 is 0 Å². The van der Waals surface area contributed by atoms with E-state index in [2.05, 4.69) is 28.9 Å². The average Bonchev–Trinajstić information content (AvgIpc) is 2.76. The third kappa shape index (κ3) is 2.56. The van der Waals surface area contributed by atoms with Gasteiger partial charge in [-0.05, 0) is 44.0 Å². The second-order valence-electron chi connectivity index (χ2n) is 5.70. The molecule has 2 atom stereocenters. The van der Waals surface area contributed by atoms with Gasteiger partial charge in [-0.3, -0.25) is 9.80 Å². The van der Waals surface area contributed by atoms with Gasteiger partial charge in [-0.2, -0.15) is 0 Å². The standard InChI is InChI=1S/C15H21ClN2/c1-12-9-17-7-3-6-15(17)11-18(12)10-13-4-2-5-14(16)8-13/h2,4-5,8,12,15H,3,6-7,9-11H2,1H3. The number of halogens is 1. The van der Waals surface area contributed by atoms with Crippen molar-refractivity contribution in [3.63, 3.8) is 0 Å². The van der Waals surface area contributed by atoms with Crippen LogP contribution in [-0.2, 0) is 6.54 Å². The number of fused-ring (bicyclic) bond motifs is 1. The van der Waals surface area contributed by atoms with E-state index in [0.29, 0.717) is 6.04 Å². The lowest BCUT2D eigenvalue weighted by atomic mass is 10.1. The molecule has 0 aromatic heterocycles. The summed E-state index contributed by atoms with van der Waals surface area (Å²) in [5.41, 5.74) is 1.33. The van der Waals surface area contributed by atoms with Crippen molar-refractivity contribution in [3.8, 4) is 0 Å². The van der Waals surface area contributed by atoms with Crippen LogP contribution < -0.4 is 0 Å². The highest BCUT2D eigenvalue weighted by Gasteiger charge is 2.34. The Kier molecular flexibility index (Phi) is 3.60. The monoisotopic (exact) mass is 264 g/mol. The van der Waals surface area contributed by atoms with Crippen molar-refractivity contribution in [2.24, 2.45) is 0 Å². The van der Waals surface area contributed by atoms with Gasteiger partial charge in [-0.25, -0.2) is 0 Å². The Hall–Kier alpha value is -0.570. The van der Waals surface area contributed by atoms with Gasteiger partial charge in [-0.15, -0.1) is 0 Å². The molecule has 18 heavy (non-hydrogen) atoms. The summed E-state index contributed by atoms with van der Waals surface area (Å²) in [6, 6.07) is 9.71. The van der Waals surface area contributed by atoms with Crippen molar-refractivity contribution in [2.45, 2.75) is 38.4 Å². The molecule has 98 valence electrons. The van der Waals surface area contributed by atoms with Crippen LogP contribution in [0.1, 0.15) is 25.3 Å². The van der Waals surface area contributed by atoms with Crippen LogP contribution in [0.15, 0.2) is 24.3 Å². The van der Waals surface area contributed by atoms with Crippen LogP contribution in [0.5, 0.6) is 0 Å². The first-order chi connectivity index (χ1) is 8.72. The van der Waals surface area contributed by atoms with E-state index in [-0.39, 0.29) is 0 Å². The van der Waals surface area contributed by atoms with Crippen LogP contribution in [0.4, 0.5) is 0 Å². The Morgan fingerprint density at radius 2 is 2.22 bits per heavy atom. The smallest absolute Gasteiger partial charge is 0.0409 e. The molecule has 2 saturated heterocycles. The topological polar surface area (TPSA) is 6.48 Å². The van der Waals surface area contributed by atoms with E-state index < -0.39 is 0 Å². The highest BCUT2D eigenvalue weighted by Crippen LogP contribution is 2.26. The first-order valence-electron chi connectivity index (χ1n) is 6.95. The van der Waals surface area contributed by atoms with Crippen molar-refractivity contribution in [1.82, 2.24) is 9.80 Å². The fraction of sp³-hybridized carbons (Fsp3) is 0.600. The quantitative estimate of drug-likeness (QED) is 0.810. The molecule has 0 radical (unpaired) electrons. The molecule has 0 amide bonds. The van der Waals surface area contributed by atoms with Crippen LogP contribution in [0.3, 0.4) is 0 Å². The predicted molar refractivity (Wildman–Crippen MR) is 75.9 cm³/mol. The maximum Gasteiger partial charge on any atom is 0.0409 e. The zero-order valence-electron chi connectivity index (χ0n) is 11.0. The predicted octanol–water partition coefficient (Wildman–Crippen LogP) is 3.01. The molecular formula is C15H21ClN2. The second kappa shape index (κ2) is 5.20. The molecule has 2 fully saturated rings. The van der Waals surface area contributed by atoms with E-state index in [1.807, 2.05) is 12.1 Å². The summed E-state index contributed by atoms with van der Waals surface area (Å²) >= 11 is 6.06. The Balaban J connectivity index is 1.68. The summed E-state index contributed by atoms with van der Waals surface area (Å²) in [5, 5.41) is 0.847. The molecule has 0 spiro atoms. The minimum absolute atomic E-state index is 0.651. The Morgan fingerprint density at radius 3 is 3.06 bits per heavy atom. The van der Waals surface area contributed by atoms with Gasteiger partial charge in [0, 0.05) is 36.7 Å². The fourth-order valence-corrected chi connectivity index (χ4v) is 3.55. The van der Waals surface area contributed by atoms with E-state index in [4.69, 9.17) is 11.6 Å². The molecule has 2 heterocycles. The maximum atomic E-state index is 6.06. The van der Waals surface area contributed by atoms with Gasteiger partial charge in [0.15, 0.2) is 0 Å². The summed E-state index contributed by atoms with van der Waals surface area (Å²) in [4.78, 5) is 5.28. The minimum atomic E-state index is 0.651. The summed E-state index contributed by atoms with van der Waals surface area (Å²) < 4.78 is 0. The Labute approximate surface area is 115 Å². The van der Waals surface area contributed by atoms with Crippen molar-refractivity contribution in [1.29, 1.82) is 0 Å². The number of benzene rings is 1. The average molecular weight is 265 g/mol. The zero-order chi connectivity index (χ0) is 12.5. The molecule has 3 heteroatoms. The highest BCUT2D eigenvalue weighted by molar-refractivity contribution is 6.30. The van der Waals surface area contributed by atoms with Crippen LogP contribution >= 0.6 is 11.6 Å². The summed E-state index contributed by atoms with van der Waals surface area (Å²) in [7, 11) is 0. The van der Waals surface area contributed by atoms with E-state index in [1.54, 1.807) is 0 Å². The van der Waals surface area contributed by atoms with Gasteiger partial charge >= 0.3 is 0 Å². The number of rotatable bonds is 2. The molecule has 0 N–H and O–H groups in total. The lowest BCUT2D eigenvalue weighted by Crippen LogP contribution is -2.54. The van der Waals surface area contributed by atoms with Gasteiger partial charge in [0.05, 0.1) is 0 Å². The second-order valence-corrected chi connectivity index (χ2v) is 6.14. The molecule has 0 saturated carbocycles. The Morgan fingerprint density at radius 1 is 1.33 bits per heavy atom. The van der Waals surface area contributed by atoms with Crippen LogP contribution in [0.25, 0.3) is 0 Å². The van der Waals surface area contributed by atoms with E-state index in [1.165, 1.54) is 38.0 Å². The van der Waals surface area contributed by atoms with Gasteiger partial charge in [0.2, 0.25) is 0 Å². The molecular weight excluding hydrogens is 244 g/mol. The van der Waals surface area contributed by atoms with E-state index >= 15 is 0 Å². The summed E-state index contributed by atoms with van der Waals surface area (Å²) in [5.74, 6) is 0. The molecule has 2 aliphatic heterocycles. The molecule has 2 aliphatic rings. The fourth-order valence-electron chi connectivity index (χ4n) is 3.34. The number of nitrogens with zero attached hydrogens (tertiary/aromatic N) is 2. The largest absolute Gasteiger partial charge is 0.298 e. The molecule has 1 aromatic carbocycles. The third-order valence-electron chi connectivity index (χ3n) is 4.34. The van der Waals surface area contributed by atoms with Gasteiger partial charge in [0.1, 0.15) is 0 Å². The van der Waals surface area contributed by atoms with Gasteiger partial charge in [-0.1, -0.05) is 23.7 Å². The molecule has 0 bridgehead atoms.